The smallest absolute Gasteiger partial charge is 0.0620 e. The minimum atomic E-state index is -0.877. The minimum Gasteiger partial charge on any atom is -0.0620 e. The van der Waals surface area contributed by atoms with Gasteiger partial charge in [-0.3, -0.25) is 0 Å². The van der Waals surface area contributed by atoms with Crippen molar-refractivity contribution in [1.82, 2.24) is 0 Å². The molecular weight excluding hydrogens is 377 g/mol. The molecule has 0 atom stereocenters. The fraction of sp³-hybridized carbons (Fsp3) is 0. The molecule has 4 heteroatoms. The summed E-state index contributed by atoms with van der Waals surface area (Å²) in [5, 5.41) is 4.31. The van der Waals surface area contributed by atoms with E-state index in [1.807, 2.05) is 0 Å². The molecule has 0 amide bonds. The molecule has 0 fully saturated rings. The van der Waals surface area contributed by atoms with Crippen LogP contribution in [0.4, 0.5) is 0 Å². The molecule has 0 bridgehead atoms. The molecule has 3 rings (SSSR count). The molecule has 3 aromatic carbocycles. The van der Waals surface area contributed by atoms with Gasteiger partial charge >= 0.3 is 33.2 Å². The van der Waals surface area contributed by atoms with Crippen molar-refractivity contribution in [2.24, 2.45) is 0 Å². The van der Waals surface area contributed by atoms with Gasteiger partial charge in [0.05, 0.1) is 7.92 Å². The van der Waals surface area contributed by atoms with E-state index in [4.69, 9.17) is 20.3 Å². The summed E-state index contributed by atoms with van der Waals surface area (Å²) in [6.45, 7) is 0. The summed E-state index contributed by atoms with van der Waals surface area (Å²) >= 11 is 0.382. The zero-order valence-corrected chi connectivity index (χ0v) is 15.3. The van der Waals surface area contributed by atoms with Crippen LogP contribution < -0.4 is 15.9 Å². The largest absolute Gasteiger partial charge is 0.102 e. The van der Waals surface area contributed by atoms with Crippen molar-refractivity contribution in [2.45, 2.75) is 0 Å². The van der Waals surface area contributed by atoms with E-state index in [9.17, 15) is 0 Å². The molecule has 0 aliphatic rings. The van der Waals surface area contributed by atoms with E-state index in [1.54, 1.807) is 0 Å². The van der Waals surface area contributed by atoms with Crippen LogP contribution in [-0.2, 0) is 12.9 Å². The van der Waals surface area contributed by atoms with Gasteiger partial charge in [-0.25, -0.2) is 0 Å². The summed E-state index contributed by atoms with van der Waals surface area (Å²) in [5.74, 6) is 0. The average Bonchev–Trinajstić information content (AvgIpc) is 2.59. The Hall–Kier alpha value is -0.824. The fourth-order valence-electron chi connectivity index (χ4n) is 2.31. The molecule has 0 saturated heterocycles. The quantitative estimate of drug-likeness (QED) is 0.573. The number of halogens is 2. The molecule has 0 aliphatic heterocycles. The van der Waals surface area contributed by atoms with Crippen LogP contribution in [-0.4, -0.2) is 0 Å². The predicted molar refractivity (Wildman–Crippen MR) is 98.2 cm³/mol. The summed E-state index contributed by atoms with van der Waals surface area (Å²) in [6.07, 6.45) is 0. The Kier molecular flexibility index (Phi) is 8.00. The van der Waals surface area contributed by atoms with E-state index < -0.39 is 7.92 Å². The van der Waals surface area contributed by atoms with Gasteiger partial charge in [-0.1, -0.05) is 54.6 Å². The van der Waals surface area contributed by atoms with Crippen molar-refractivity contribution in [2.75, 3.05) is 0 Å². The van der Waals surface area contributed by atoms with Gasteiger partial charge in [0, 0.05) is 0 Å². The van der Waals surface area contributed by atoms with Crippen molar-refractivity contribution in [3.63, 3.8) is 0 Å². The minimum absolute atomic E-state index is 0.382. The van der Waals surface area contributed by atoms with E-state index in [1.165, 1.54) is 15.9 Å². The van der Waals surface area contributed by atoms with Gasteiger partial charge in [0.2, 0.25) is 0 Å². The van der Waals surface area contributed by atoms with Crippen molar-refractivity contribution >= 4 is 44.1 Å². The molecule has 0 radical (unpaired) electrons. The monoisotopic (exact) mass is 392 g/mol. The Morgan fingerprint density at radius 1 is 0.500 bits per heavy atom. The third-order valence-corrected chi connectivity index (χ3v) is 5.92. The van der Waals surface area contributed by atoms with Gasteiger partial charge in [-0.15, -0.1) is 0 Å². The molecule has 22 heavy (non-hydrogen) atoms. The van der Waals surface area contributed by atoms with Crippen molar-refractivity contribution < 1.29 is 12.9 Å². The first kappa shape index (κ1) is 17.5. The van der Waals surface area contributed by atoms with Crippen molar-refractivity contribution in [1.29, 1.82) is 0 Å². The summed E-state index contributed by atoms with van der Waals surface area (Å²) < 4.78 is 0. The molecule has 115 valence electrons. The maximum absolute atomic E-state index is 4.73. The van der Waals surface area contributed by atoms with Crippen LogP contribution in [0.5, 0.6) is 0 Å². The van der Waals surface area contributed by atoms with Crippen LogP contribution in [0, 0.1) is 0 Å². The second-order valence-electron chi connectivity index (χ2n) is 4.52. The van der Waals surface area contributed by atoms with Gasteiger partial charge in [0.15, 0.2) is 0 Å². The molecule has 0 heterocycles. The Balaban J connectivity index is 0.000000545. The number of hydrogen-bond donors (Lipinski definition) is 0. The van der Waals surface area contributed by atoms with E-state index in [2.05, 4.69) is 91.0 Å². The Bertz CT molecular complexity index is 554. The summed E-state index contributed by atoms with van der Waals surface area (Å²) in [7, 11) is 8.59. The number of benzene rings is 3. The average molecular weight is 393 g/mol. The fourth-order valence-corrected chi connectivity index (χ4v) is 4.89. The topological polar surface area (TPSA) is 0 Å². The molecule has 0 spiro atoms. The SMILES string of the molecule is [Cl][Co][Cl].c1ccc([PH+](c2ccccc2)c2ccccc2)cc1. The first-order chi connectivity index (χ1) is 10.9. The Labute approximate surface area is 147 Å². The predicted octanol–water partition coefficient (Wildman–Crippen LogP) is 4.55. The van der Waals surface area contributed by atoms with E-state index in [0.717, 1.165) is 0 Å². The van der Waals surface area contributed by atoms with Crippen molar-refractivity contribution in [3.05, 3.63) is 91.0 Å². The molecule has 0 unspecified atom stereocenters. The third-order valence-electron chi connectivity index (χ3n) is 3.19. The first-order valence-electron chi connectivity index (χ1n) is 6.73. The summed E-state index contributed by atoms with van der Waals surface area (Å²) in [4.78, 5) is 0. The van der Waals surface area contributed by atoms with E-state index >= 15 is 0 Å². The molecule has 0 aromatic heterocycles. The zero-order valence-electron chi connectivity index (χ0n) is 11.7. The Morgan fingerprint density at radius 3 is 0.955 bits per heavy atom. The van der Waals surface area contributed by atoms with E-state index in [-0.39, 0.29) is 0 Å². The maximum atomic E-state index is 4.73. The molecule has 3 aromatic rings. The van der Waals surface area contributed by atoms with Gasteiger partial charge < -0.3 is 0 Å². The van der Waals surface area contributed by atoms with Gasteiger partial charge in [0.25, 0.3) is 0 Å². The second-order valence-corrected chi connectivity index (χ2v) is 8.72. The summed E-state index contributed by atoms with van der Waals surface area (Å²) in [5.41, 5.74) is 0. The van der Waals surface area contributed by atoms with E-state index in [0.29, 0.717) is 12.9 Å². The van der Waals surface area contributed by atoms with Gasteiger partial charge in [0.1, 0.15) is 15.9 Å². The molecule has 0 N–H and O–H groups in total. The van der Waals surface area contributed by atoms with Crippen LogP contribution in [0.15, 0.2) is 91.0 Å². The zero-order chi connectivity index (χ0) is 15.6. The molecule has 0 nitrogen and oxygen atoms in total. The van der Waals surface area contributed by atoms with Crippen LogP contribution >= 0.6 is 28.2 Å². The standard InChI is InChI=1S/C18H15P.2ClH.Co/c1-4-10-16(11-5-1)19(17-12-6-2-7-13-17)18-14-8-3-9-15-18;;;/h1-15H;2*1H;/q;;;+2/p-1. The molecular formula is C18H16Cl2CoP+. The number of hydrogen-bond acceptors (Lipinski definition) is 0. The maximum Gasteiger partial charge on any atom is 0.102 e. The normalized spacial score (nSPS) is 10.1. The van der Waals surface area contributed by atoms with Crippen LogP contribution in [0.3, 0.4) is 0 Å². The Morgan fingerprint density at radius 2 is 0.727 bits per heavy atom. The first-order valence-corrected chi connectivity index (χ1v) is 11.1. The second kappa shape index (κ2) is 10.0. The van der Waals surface area contributed by atoms with Crippen LogP contribution in [0.25, 0.3) is 0 Å². The van der Waals surface area contributed by atoms with Gasteiger partial charge in [-0.2, -0.15) is 0 Å². The number of rotatable bonds is 3. The van der Waals surface area contributed by atoms with Gasteiger partial charge in [-0.05, 0) is 36.4 Å². The van der Waals surface area contributed by atoms with Crippen LogP contribution in [0.1, 0.15) is 0 Å². The summed E-state index contributed by atoms with van der Waals surface area (Å²) in [6, 6.07) is 32.5. The molecule has 0 aliphatic carbocycles. The third kappa shape index (κ3) is 5.12. The van der Waals surface area contributed by atoms with Crippen LogP contribution in [0.2, 0.25) is 0 Å². The van der Waals surface area contributed by atoms with Crippen molar-refractivity contribution in [3.8, 4) is 0 Å². The molecule has 0 saturated carbocycles.